The summed E-state index contributed by atoms with van der Waals surface area (Å²) < 4.78 is 0. The normalized spacial score (nSPS) is 13.0. The zero-order chi connectivity index (χ0) is 15.9. The fourth-order valence-corrected chi connectivity index (χ4v) is 2.28. The number of alkyl halides is 1. The highest BCUT2D eigenvalue weighted by Gasteiger charge is 2.16. The third-order valence-electron chi connectivity index (χ3n) is 3.17. The molecule has 0 aliphatic heterocycles. The topological polar surface area (TPSA) is 37.3 Å². The summed E-state index contributed by atoms with van der Waals surface area (Å²) in [4.78, 5) is 12.5. The van der Waals surface area contributed by atoms with Crippen molar-refractivity contribution in [1.29, 1.82) is 0 Å². The molecule has 0 bridgehead atoms. The van der Waals surface area contributed by atoms with Crippen molar-refractivity contribution in [3.05, 3.63) is 70.7 Å². The predicted molar refractivity (Wildman–Crippen MR) is 92.1 cm³/mol. The second-order valence-corrected chi connectivity index (χ2v) is 5.66. The van der Waals surface area contributed by atoms with Crippen LogP contribution in [0.2, 0.25) is 5.02 Å². The molecule has 114 valence electrons. The van der Waals surface area contributed by atoms with Crippen LogP contribution in [0.4, 0.5) is 0 Å². The van der Waals surface area contributed by atoms with E-state index in [1.165, 1.54) is 0 Å². The summed E-state index contributed by atoms with van der Waals surface area (Å²) in [6.07, 6.45) is 0.957. The van der Waals surface area contributed by atoms with Gasteiger partial charge in [0.15, 0.2) is 5.78 Å². The molecule has 0 saturated carbocycles. The van der Waals surface area contributed by atoms with Crippen molar-refractivity contribution in [2.75, 3.05) is 5.88 Å². The van der Waals surface area contributed by atoms with Crippen LogP contribution in [0.3, 0.4) is 0 Å². The van der Waals surface area contributed by atoms with Crippen molar-refractivity contribution in [2.45, 2.75) is 12.5 Å². The number of aliphatic hydroxyl groups excluding tert-OH is 1. The number of benzene rings is 2. The van der Waals surface area contributed by atoms with Gasteiger partial charge in [0.1, 0.15) is 0 Å². The molecular formula is C18H16Cl2O2. The lowest BCUT2D eigenvalue weighted by atomic mass is 9.96. The first-order chi connectivity index (χ1) is 10.6. The fourth-order valence-electron chi connectivity index (χ4n) is 2.05. The molecule has 0 spiro atoms. The standard InChI is InChI=1S/C18H16Cl2O2/c19-12-16(21)11-18(22)17(14-4-2-1-3-5-14)10-13-6-8-15(20)9-7-13/h1-10,16,21H,11-12H2/b17-10+. The Balaban J connectivity index is 2.37. The molecule has 0 radical (unpaired) electrons. The van der Waals surface area contributed by atoms with Crippen LogP contribution in [0.15, 0.2) is 54.6 Å². The molecule has 2 aromatic carbocycles. The first kappa shape index (κ1) is 16.8. The van der Waals surface area contributed by atoms with E-state index in [1.54, 1.807) is 18.2 Å². The van der Waals surface area contributed by atoms with Crippen molar-refractivity contribution in [2.24, 2.45) is 0 Å². The monoisotopic (exact) mass is 334 g/mol. The van der Waals surface area contributed by atoms with Gasteiger partial charge in [-0.2, -0.15) is 0 Å². The summed E-state index contributed by atoms with van der Waals surface area (Å²) in [5, 5.41) is 10.3. The fraction of sp³-hybridized carbons (Fsp3) is 0.167. The Bertz CT molecular complexity index is 649. The number of allylic oxidation sites excluding steroid dienone is 1. The highest BCUT2D eigenvalue weighted by atomic mass is 35.5. The summed E-state index contributed by atoms with van der Waals surface area (Å²) >= 11 is 11.5. The molecule has 2 aromatic rings. The largest absolute Gasteiger partial charge is 0.391 e. The van der Waals surface area contributed by atoms with Gasteiger partial charge in [-0.25, -0.2) is 0 Å². The maximum atomic E-state index is 12.5. The van der Waals surface area contributed by atoms with Crippen LogP contribution in [-0.4, -0.2) is 22.9 Å². The zero-order valence-corrected chi connectivity index (χ0v) is 13.4. The van der Waals surface area contributed by atoms with Gasteiger partial charge in [-0.3, -0.25) is 4.79 Å². The summed E-state index contributed by atoms with van der Waals surface area (Å²) in [6, 6.07) is 16.6. The Morgan fingerprint density at radius 3 is 2.32 bits per heavy atom. The van der Waals surface area contributed by atoms with Gasteiger partial charge >= 0.3 is 0 Å². The maximum Gasteiger partial charge on any atom is 0.166 e. The molecular weight excluding hydrogens is 319 g/mol. The minimum Gasteiger partial charge on any atom is -0.391 e. The number of carbonyl (C=O) groups excluding carboxylic acids is 1. The van der Waals surface area contributed by atoms with Crippen LogP contribution >= 0.6 is 23.2 Å². The second kappa shape index (κ2) is 8.14. The first-order valence-corrected chi connectivity index (χ1v) is 7.81. The summed E-state index contributed by atoms with van der Waals surface area (Å²) in [6.45, 7) is 0. The molecule has 0 heterocycles. The Labute approximate surface area is 140 Å². The zero-order valence-electron chi connectivity index (χ0n) is 11.9. The van der Waals surface area contributed by atoms with Crippen molar-refractivity contribution in [3.8, 4) is 0 Å². The van der Waals surface area contributed by atoms with E-state index in [-0.39, 0.29) is 18.1 Å². The Morgan fingerprint density at radius 1 is 1.09 bits per heavy atom. The van der Waals surface area contributed by atoms with Crippen LogP contribution < -0.4 is 0 Å². The number of hydrogen-bond acceptors (Lipinski definition) is 2. The molecule has 2 rings (SSSR count). The minimum absolute atomic E-state index is 0.00217. The number of halogens is 2. The van der Waals surface area contributed by atoms with E-state index < -0.39 is 6.10 Å². The molecule has 0 aromatic heterocycles. The minimum atomic E-state index is -0.841. The third kappa shape index (κ3) is 4.70. The third-order valence-corrected chi connectivity index (χ3v) is 3.77. The average Bonchev–Trinajstić information content (AvgIpc) is 2.54. The van der Waals surface area contributed by atoms with E-state index >= 15 is 0 Å². The number of rotatable bonds is 6. The molecule has 0 aliphatic carbocycles. The average molecular weight is 335 g/mol. The van der Waals surface area contributed by atoms with Crippen LogP contribution in [0, 0.1) is 0 Å². The quantitative estimate of drug-likeness (QED) is 0.481. The van der Waals surface area contributed by atoms with Gasteiger partial charge in [0.2, 0.25) is 0 Å². The van der Waals surface area contributed by atoms with E-state index in [0.29, 0.717) is 10.6 Å². The maximum absolute atomic E-state index is 12.5. The van der Waals surface area contributed by atoms with Crippen molar-refractivity contribution in [1.82, 2.24) is 0 Å². The molecule has 1 atom stereocenters. The molecule has 1 unspecified atom stereocenters. The smallest absolute Gasteiger partial charge is 0.166 e. The number of carbonyl (C=O) groups is 1. The van der Waals surface area contributed by atoms with Gasteiger partial charge in [-0.05, 0) is 29.3 Å². The number of hydrogen-bond donors (Lipinski definition) is 1. The predicted octanol–water partition coefficient (Wildman–Crippen LogP) is 4.44. The molecule has 0 saturated heterocycles. The molecule has 2 nitrogen and oxygen atoms in total. The first-order valence-electron chi connectivity index (χ1n) is 6.90. The van der Waals surface area contributed by atoms with Gasteiger partial charge in [0.05, 0.1) is 6.10 Å². The van der Waals surface area contributed by atoms with Gasteiger partial charge in [0, 0.05) is 22.9 Å². The SMILES string of the molecule is O=C(CC(O)CCl)/C(=C/c1ccc(Cl)cc1)c1ccccc1. The molecule has 4 heteroatoms. The Kier molecular flexibility index (Phi) is 6.20. The van der Waals surface area contributed by atoms with E-state index in [0.717, 1.165) is 11.1 Å². The van der Waals surface area contributed by atoms with Crippen LogP contribution in [-0.2, 0) is 4.79 Å². The molecule has 0 amide bonds. The Morgan fingerprint density at radius 2 is 1.73 bits per heavy atom. The summed E-state index contributed by atoms with van der Waals surface area (Å²) in [5.74, 6) is -0.108. The number of Topliss-reactive ketones (excluding diaryl/α,β-unsaturated/α-hetero) is 1. The summed E-state index contributed by atoms with van der Waals surface area (Å²) in [7, 11) is 0. The van der Waals surface area contributed by atoms with Gasteiger partial charge < -0.3 is 5.11 Å². The van der Waals surface area contributed by atoms with Crippen molar-refractivity contribution < 1.29 is 9.90 Å². The van der Waals surface area contributed by atoms with E-state index in [9.17, 15) is 9.90 Å². The number of ketones is 1. The molecule has 0 fully saturated rings. The van der Waals surface area contributed by atoms with E-state index in [1.807, 2.05) is 42.5 Å². The van der Waals surface area contributed by atoms with Crippen LogP contribution in [0.25, 0.3) is 11.6 Å². The highest BCUT2D eigenvalue weighted by molar-refractivity contribution is 6.30. The Hall–Kier alpha value is -1.61. The van der Waals surface area contributed by atoms with Crippen molar-refractivity contribution >= 4 is 40.6 Å². The van der Waals surface area contributed by atoms with E-state index in [2.05, 4.69) is 0 Å². The highest BCUT2D eigenvalue weighted by Crippen LogP contribution is 2.22. The second-order valence-electron chi connectivity index (χ2n) is 4.91. The van der Waals surface area contributed by atoms with Gasteiger partial charge in [0.25, 0.3) is 0 Å². The lowest BCUT2D eigenvalue weighted by Gasteiger charge is -2.10. The van der Waals surface area contributed by atoms with Gasteiger partial charge in [-0.15, -0.1) is 11.6 Å². The summed E-state index contributed by atoms with van der Waals surface area (Å²) in [5.41, 5.74) is 2.23. The van der Waals surface area contributed by atoms with Crippen LogP contribution in [0.1, 0.15) is 17.5 Å². The lowest BCUT2D eigenvalue weighted by Crippen LogP contribution is -2.15. The molecule has 1 N–H and O–H groups in total. The lowest BCUT2D eigenvalue weighted by molar-refractivity contribution is -0.115. The molecule has 22 heavy (non-hydrogen) atoms. The van der Waals surface area contributed by atoms with Crippen molar-refractivity contribution in [3.63, 3.8) is 0 Å². The van der Waals surface area contributed by atoms with Gasteiger partial charge in [-0.1, -0.05) is 54.1 Å². The van der Waals surface area contributed by atoms with Crippen LogP contribution in [0.5, 0.6) is 0 Å². The van der Waals surface area contributed by atoms with E-state index in [4.69, 9.17) is 23.2 Å². The number of aliphatic hydroxyl groups is 1. The molecule has 0 aliphatic rings.